The summed E-state index contributed by atoms with van der Waals surface area (Å²) in [5.41, 5.74) is -5.86. The number of aliphatic hydroxyl groups excluding tert-OH is 2. The van der Waals surface area contributed by atoms with E-state index in [2.05, 4.69) is 0 Å². The standard InChI is InChI=1S/C34H26O23/c35-11-1-7(2-12(36)19(11)39)31(49)57-29-26(46)28-16(55-34(29)52)6-53-32(50)8-3-13(37)20(40)23(43)17(8)18-9(33(51)56-28)5-15(22(42)24(18)44)54-27-10(30(47)48)4-14(38)21(41)25(27)45/h1-5,16,26,28-29,34-46,52H,6H2,(H,47,48)/t16-,26+,28-,29-,34-/m1/s1. The van der Waals surface area contributed by atoms with Crippen LogP contribution in [0.1, 0.15) is 41.4 Å². The molecule has 0 amide bonds. The van der Waals surface area contributed by atoms with Crippen LogP contribution in [0.3, 0.4) is 0 Å². The van der Waals surface area contributed by atoms with E-state index in [0.717, 1.165) is 0 Å². The Morgan fingerprint density at radius 1 is 0.649 bits per heavy atom. The smallest absolute Gasteiger partial charge is 0.339 e. The Hall–Kier alpha value is -7.76. The Labute approximate surface area is 314 Å². The lowest BCUT2D eigenvalue weighted by molar-refractivity contribution is -0.284. The number of carbonyl (C=O) groups is 4. The van der Waals surface area contributed by atoms with E-state index in [1.165, 1.54) is 0 Å². The topological polar surface area (TPSA) is 398 Å². The minimum Gasteiger partial charge on any atom is -0.504 e. The van der Waals surface area contributed by atoms with Crippen molar-refractivity contribution in [2.75, 3.05) is 6.61 Å². The molecule has 0 unspecified atom stereocenters. The Morgan fingerprint density at radius 3 is 1.81 bits per heavy atom. The first-order valence-electron chi connectivity index (χ1n) is 15.6. The van der Waals surface area contributed by atoms with Crippen LogP contribution in [-0.2, 0) is 18.9 Å². The van der Waals surface area contributed by atoms with Crippen molar-refractivity contribution < 1.29 is 114 Å². The van der Waals surface area contributed by atoms with Crippen molar-refractivity contribution in [1.82, 2.24) is 0 Å². The predicted octanol–water partition coefficient (Wildman–Crippen LogP) is 0.605. The number of aromatic hydroxyl groups is 11. The van der Waals surface area contributed by atoms with E-state index in [1.54, 1.807) is 0 Å². The van der Waals surface area contributed by atoms with E-state index in [1.807, 2.05) is 0 Å². The third-order valence-electron chi connectivity index (χ3n) is 8.64. The van der Waals surface area contributed by atoms with Gasteiger partial charge in [-0.25, -0.2) is 19.2 Å². The van der Waals surface area contributed by atoms with Crippen LogP contribution in [-0.4, -0.2) is 133 Å². The van der Waals surface area contributed by atoms with Gasteiger partial charge in [0.2, 0.25) is 23.0 Å². The number of esters is 3. The van der Waals surface area contributed by atoms with Crippen LogP contribution in [0.25, 0.3) is 11.1 Å². The number of aromatic carboxylic acids is 1. The maximum absolute atomic E-state index is 14.1. The van der Waals surface area contributed by atoms with Crippen molar-refractivity contribution in [2.24, 2.45) is 0 Å². The van der Waals surface area contributed by atoms with Crippen molar-refractivity contribution in [3.05, 3.63) is 52.6 Å². The lowest BCUT2D eigenvalue weighted by Gasteiger charge is -2.41. The first kappa shape index (κ1) is 38.9. The third kappa shape index (κ3) is 6.58. The number of ether oxygens (including phenoxy) is 5. The number of phenolic OH excluding ortho intramolecular Hbond substituents is 11. The van der Waals surface area contributed by atoms with Gasteiger partial charge >= 0.3 is 23.9 Å². The Kier molecular flexibility index (Phi) is 9.67. The van der Waals surface area contributed by atoms with Gasteiger partial charge in [0.05, 0.1) is 16.7 Å². The van der Waals surface area contributed by atoms with Crippen molar-refractivity contribution >= 4 is 23.9 Å². The minimum absolute atomic E-state index is 0.410. The molecule has 2 heterocycles. The second-order valence-electron chi connectivity index (χ2n) is 12.1. The molecule has 0 aliphatic carbocycles. The second-order valence-corrected chi connectivity index (χ2v) is 12.1. The normalized spacial score (nSPS) is 20.4. The van der Waals surface area contributed by atoms with Gasteiger partial charge < -0.3 is 95.2 Å². The Morgan fingerprint density at radius 2 is 1.19 bits per heavy atom. The molecule has 300 valence electrons. The molecule has 57 heavy (non-hydrogen) atoms. The molecule has 2 aliphatic heterocycles. The van der Waals surface area contributed by atoms with E-state index in [-0.39, 0.29) is 0 Å². The summed E-state index contributed by atoms with van der Waals surface area (Å²) in [6, 6.07) is 2.62. The van der Waals surface area contributed by atoms with Crippen LogP contribution >= 0.6 is 0 Å². The van der Waals surface area contributed by atoms with Crippen molar-refractivity contribution in [2.45, 2.75) is 30.7 Å². The minimum atomic E-state index is -2.34. The number of hydrogen-bond donors (Lipinski definition) is 14. The molecule has 4 aromatic carbocycles. The van der Waals surface area contributed by atoms with E-state index in [9.17, 15) is 90.7 Å². The number of rotatable bonds is 5. The van der Waals surface area contributed by atoms with Crippen LogP contribution in [0, 0.1) is 0 Å². The molecule has 0 aromatic heterocycles. The molecule has 14 N–H and O–H groups in total. The van der Waals surface area contributed by atoms with Gasteiger partial charge in [-0.2, -0.15) is 0 Å². The van der Waals surface area contributed by atoms with Gasteiger partial charge in [-0.05, 0) is 18.2 Å². The van der Waals surface area contributed by atoms with Crippen LogP contribution in [0.2, 0.25) is 0 Å². The summed E-state index contributed by atoms with van der Waals surface area (Å²) in [5, 5.41) is 145. The molecule has 0 radical (unpaired) electrons. The maximum Gasteiger partial charge on any atom is 0.339 e. The van der Waals surface area contributed by atoms with Crippen molar-refractivity contribution in [3.63, 3.8) is 0 Å². The molecule has 1 fully saturated rings. The summed E-state index contributed by atoms with van der Waals surface area (Å²) in [6.45, 7) is -1.05. The highest BCUT2D eigenvalue weighted by Gasteiger charge is 2.50. The second kappa shape index (κ2) is 14.1. The number of benzene rings is 4. The van der Waals surface area contributed by atoms with Gasteiger partial charge in [-0.3, -0.25) is 0 Å². The van der Waals surface area contributed by atoms with Crippen molar-refractivity contribution in [3.8, 4) is 85.9 Å². The summed E-state index contributed by atoms with van der Waals surface area (Å²) < 4.78 is 26.3. The molecule has 0 bridgehead atoms. The van der Waals surface area contributed by atoms with Crippen LogP contribution in [0.4, 0.5) is 0 Å². The monoisotopic (exact) mass is 802 g/mol. The summed E-state index contributed by atoms with van der Waals surface area (Å²) in [7, 11) is 0. The van der Waals surface area contributed by atoms with Crippen LogP contribution < -0.4 is 4.74 Å². The highest BCUT2D eigenvalue weighted by molar-refractivity contribution is 6.08. The summed E-state index contributed by atoms with van der Waals surface area (Å²) >= 11 is 0. The zero-order valence-electron chi connectivity index (χ0n) is 27.9. The van der Waals surface area contributed by atoms with Gasteiger partial charge in [0.1, 0.15) is 24.4 Å². The van der Waals surface area contributed by atoms with Crippen molar-refractivity contribution in [1.29, 1.82) is 0 Å². The zero-order chi connectivity index (χ0) is 41.9. The predicted molar refractivity (Wildman–Crippen MR) is 176 cm³/mol. The van der Waals surface area contributed by atoms with Gasteiger partial charge in [0, 0.05) is 23.3 Å². The molecule has 2 aliphatic rings. The first-order chi connectivity index (χ1) is 26.7. The summed E-state index contributed by atoms with van der Waals surface area (Å²) in [5.74, 6) is -22.7. The summed E-state index contributed by atoms with van der Waals surface area (Å²) in [4.78, 5) is 52.4. The van der Waals surface area contributed by atoms with Gasteiger partial charge in [0.25, 0.3) is 0 Å². The Bertz CT molecular complexity index is 2360. The summed E-state index contributed by atoms with van der Waals surface area (Å²) in [6.07, 6.45) is -10.9. The number of hydrogen-bond acceptors (Lipinski definition) is 22. The quantitative estimate of drug-likeness (QED) is 0.0746. The molecule has 5 atom stereocenters. The number of carbonyl (C=O) groups excluding carboxylic acids is 3. The molecule has 23 heteroatoms. The molecule has 23 nitrogen and oxygen atoms in total. The van der Waals surface area contributed by atoms with Gasteiger partial charge in [-0.15, -0.1) is 0 Å². The molecule has 1 saturated heterocycles. The fourth-order valence-corrected chi connectivity index (χ4v) is 5.84. The number of phenols is 11. The molecule has 0 spiro atoms. The molecule has 6 rings (SSSR count). The van der Waals surface area contributed by atoms with E-state index in [4.69, 9.17) is 23.7 Å². The SMILES string of the molecule is O=C(O[C@@H]1[C@@H](O)[C@@H]2OC(=O)c3cc(Oc4c(C(=O)O)cc(O)c(O)c4O)c(O)c(O)c3-c3c(cc(O)c(O)c3O)C(=O)OC[C@H]2O[C@H]1O)c1cc(O)c(O)c(O)c1. The third-order valence-corrected chi connectivity index (χ3v) is 8.64. The fourth-order valence-electron chi connectivity index (χ4n) is 5.84. The van der Waals surface area contributed by atoms with Crippen LogP contribution in [0.5, 0.6) is 74.7 Å². The fraction of sp³-hybridized carbons (Fsp3) is 0.176. The number of fused-ring (bicyclic) bond motifs is 4. The van der Waals surface area contributed by atoms with E-state index in [0.29, 0.717) is 30.3 Å². The number of aliphatic hydroxyl groups is 2. The van der Waals surface area contributed by atoms with E-state index < -0.39 is 169 Å². The average Bonchev–Trinajstić information content (AvgIpc) is 3.17. The van der Waals surface area contributed by atoms with Gasteiger partial charge in [-0.1, -0.05) is 0 Å². The maximum atomic E-state index is 14.1. The first-order valence-corrected chi connectivity index (χ1v) is 15.6. The zero-order valence-corrected chi connectivity index (χ0v) is 27.9. The lowest BCUT2D eigenvalue weighted by atomic mass is 9.91. The number of carboxylic acids is 1. The molecular formula is C34H26O23. The molecular weight excluding hydrogens is 776 g/mol. The largest absolute Gasteiger partial charge is 0.504 e. The lowest BCUT2D eigenvalue weighted by Crippen LogP contribution is -2.61. The van der Waals surface area contributed by atoms with E-state index >= 15 is 0 Å². The number of cyclic esters (lactones) is 1. The average molecular weight is 803 g/mol. The highest BCUT2D eigenvalue weighted by atomic mass is 16.7. The number of carboxylic acid groups (broad SMARTS) is 1. The molecule has 4 aromatic rings. The van der Waals surface area contributed by atoms with Crippen LogP contribution in [0.15, 0.2) is 30.3 Å². The Balaban J connectivity index is 1.50. The molecule has 0 saturated carbocycles. The highest BCUT2D eigenvalue weighted by Crippen LogP contribution is 2.55. The van der Waals surface area contributed by atoms with Gasteiger partial charge in [0.15, 0.2) is 70.2 Å².